The third-order valence-electron chi connectivity index (χ3n) is 4.63. The average Bonchev–Trinajstić information content (AvgIpc) is 2.59. The van der Waals surface area contributed by atoms with Crippen LogP contribution in [-0.2, 0) is 6.42 Å². The van der Waals surface area contributed by atoms with E-state index in [4.69, 9.17) is 5.73 Å². The highest BCUT2D eigenvalue weighted by atomic mass is 14.9. The molecule has 0 saturated heterocycles. The molecular weight excluding hydrogens is 182 g/mol. The molecule has 2 saturated carbocycles. The molecule has 1 heteroatoms. The van der Waals surface area contributed by atoms with Crippen molar-refractivity contribution in [3.8, 4) is 0 Å². The van der Waals surface area contributed by atoms with E-state index in [2.05, 4.69) is 37.3 Å². The van der Waals surface area contributed by atoms with E-state index in [9.17, 15) is 0 Å². The van der Waals surface area contributed by atoms with E-state index in [1.807, 2.05) is 0 Å². The summed E-state index contributed by atoms with van der Waals surface area (Å²) >= 11 is 0. The summed E-state index contributed by atoms with van der Waals surface area (Å²) in [4.78, 5) is 0. The average molecular weight is 201 g/mol. The molecule has 0 bridgehead atoms. The Morgan fingerprint density at radius 3 is 2.67 bits per heavy atom. The lowest BCUT2D eigenvalue weighted by Gasteiger charge is -2.15. The first-order chi connectivity index (χ1) is 7.20. The molecule has 2 aliphatic carbocycles. The van der Waals surface area contributed by atoms with Crippen molar-refractivity contribution in [1.82, 2.24) is 0 Å². The van der Waals surface area contributed by atoms with Crippen LogP contribution >= 0.6 is 0 Å². The minimum absolute atomic E-state index is 0.222. The number of fused-ring (bicyclic) bond motifs is 1. The Kier molecular flexibility index (Phi) is 1.93. The molecule has 15 heavy (non-hydrogen) atoms. The normalized spacial score (nSPS) is 42.7. The number of benzene rings is 1. The van der Waals surface area contributed by atoms with Gasteiger partial charge in [-0.15, -0.1) is 0 Å². The minimum Gasteiger partial charge on any atom is -0.325 e. The van der Waals surface area contributed by atoms with Gasteiger partial charge in [0.2, 0.25) is 0 Å². The quantitative estimate of drug-likeness (QED) is 0.782. The number of hydrogen-bond donors (Lipinski definition) is 1. The van der Waals surface area contributed by atoms with Gasteiger partial charge in [0.15, 0.2) is 0 Å². The zero-order valence-corrected chi connectivity index (χ0v) is 9.32. The van der Waals surface area contributed by atoms with Crippen molar-refractivity contribution in [3.05, 3.63) is 35.9 Å². The molecule has 2 fully saturated rings. The maximum absolute atomic E-state index is 6.34. The molecule has 0 spiro atoms. The van der Waals surface area contributed by atoms with E-state index in [1.54, 1.807) is 0 Å². The van der Waals surface area contributed by atoms with E-state index in [-0.39, 0.29) is 5.54 Å². The topological polar surface area (TPSA) is 26.0 Å². The first kappa shape index (κ1) is 9.41. The lowest BCUT2D eigenvalue weighted by Crippen LogP contribution is -2.25. The molecule has 1 aromatic rings. The predicted molar refractivity (Wildman–Crippen MR) is 62.4 cm³/mol. The fourth-order valence-electron chi connectivity index (χ4n) is 3.56. The van der Waals surface area contributed by atoms with E-state index in [0.717, 1.165) is 17.8 Å². The highest BCUT2D eigenvalue weighted by Gasteiger charge is 2.63. The van der Waals surface area contributed by atoms with Crippen LogP contribution in [-0.4, -0.2) is 5.54 Å². The van der Waals surface area contributed by atoms with Crippen LogP contribution in [0.5, 0.6) is 0 Å². The van der Waals surface area contributed by atoms with Crippen LogP contribution in [0.2, 0.25) is 0 Å². The summed E-state index contributed by atoms with van der Waals surface area (Å²) in [7, 11) is 0. The third kappa shape index (κ3) is 1.41. The second-order valence-electron chi connectivity index (χ2n) is 5.50. The van der Waals surface area contributed by atoms with E-state index < -0.39 is 0 Å². The molecule has 2 N–H and O–H groups in total. The lowest BCUT2D eigenvalue weighted by atomic mass is 9.92. The molecule has 0 amide bonds. The second-order valence-corrected chi connectivity index (χ2v) is 5.50. The van der Waals surface area contributed by atoms with Crippen molar-refractivity contribution in [3.63, 3.8) is 0 Å². The standard InChI is InChI=1S/C14H19N/c1-10-13-8-12(9-14(10,13)15)7-11-5-3-2-4-6-11/h2-6,10,12-13H,7-9,15H2,1H3/t10-,12?,13-,14-/m0/s1. The van der Waals surface area contributed by atoms with Crippen molar-refractivity contribution in [2.45, 2.75) is 31.7 Å². The Balaban J connectivity index is 1.64. The smallest absolute Gasteiger partial charge is 0.0218 e. The summed E-state index contributed by atoms with van der Waals surface area (Å²) in [6.07, 6.45) is 3.82. The van der Waals surface area contributed by atoms with Crippen LogP contribution in [0, 0.1) is 17.8 Å². The van der Waals surface area contributed by atoms with E-state index in [1.165, 1.54) is 24.8 Å². The summed E-state index contributed by atoms with van der Waals surface area (Å²) in [5.74, 6) is 2.44. The Hall–Kier alpha value is -0.820. The van der Waals surface area contributed by atoms with Gasteiger partial charge in [-0.05, 0) is 42.6 Å². The highest BCUT2D eigenvalue weighted by Crippen LogP contribution is 2.61. The zero-order valence-electron chi connectivity index (χ0n) is 9.32. The van der Waals surface area contributed by atoms with Gasteiger partial charge in [0.25, 0.3) is 0 Å². The zero-order chi connectivity index (χ0) is 10.5. The van der Waals surface area contributed by atoms with Crippen LogP contribution in [0.3, 0.4) is 0 Å². The molecule has 80 valence electrons. The molecule has 4 atom stereocenters. The van der Waals surface area contributed by atoms with Crippen molar-refractivity contribution in [2.24, 2.45) is 23.5 Å². The van der Waals surface area contributed by atoms with Gasteiger partial charge < -0.3 is 5.73 Å². The van der Waals surface area contributed by atoms with Crippen molar-refractivity contribution in [1.29, 1.82) is 0 Å². The number of rotatable bonds is 2. The monoisotopic (exact) mass is 201 g/mol. The van der Waals surface area contributed by atoms with Crippen LogP contribution in [0.25, 0.3) is 0 Å². The van der Waals surface area contributed by atoms with Crippen LogP contribution in [0.4, 0.5) is 0 Å². The van der Waals surface area contributed by atoms with E-state index >= 15 is 0 Å². The summed E-state index contributed by atoms with van der Waals surface area (Å²) in [5.41, 5.74) is 8.03. The van der Waals surface area contributed by atoms with Gasteiger partial charge in [0.05, 0.1) is 0 Å². The molecule has 1 nitrogen and oxygen atoms in total. The van der Waals surface area contributed by atoms with Gasteiger partial charge in [-0.1, -0.05) is 37.3 Å². The summed E-state index contributed by atoms with van der Waals surface area (Å²) in [5, 5.41) is 0. The molecule has 2 aliphatic rings. The Morgan fingerprint density at radius 2 is 2.07 bits per heavy atom. The molecule has 0 aliphatic heterocycles. The summed E-state index contributed by atoms with van der Waals surface area (Å²) in [6.45, 7) is 2.31. The fourth-order valence-corrected chi connectivity index (χ4v) is 3.56. The Labute approximate surface area is 91.7 Å². The van der Waals surface area contributed by atoms with Crippen molar-refractivity contribution < 1.29 is 0 Å². The fraction of sp³-hybridized carbons (Fsp3) is 0.571. The Bertz CT molecular complexity index is 359. The first-order valence-electron chi connectivity index (χ1n) is 6.03. The first-order valence-corrected chi connectivity index (χ1v) is 6.03. The predicted octanol–water partition coefficient (Wildman–Crippen LogP) is 2.60. The summed E-state index contributed by atoms with van der Waals surface area (Å²) in [6, 6.07) is 10.8. The Morgan fingerprint density at radius 1 is 1.33 bits per heavy atom. The highest BCUT2D eigenvalue weighted by molar-refractivity contribution is 5.22. The van der Waals surface area contributed by atoms with Gasteiger partial charge in [-0.25, -0.2) is 0 Å². The van der Waals surface area contributed by atoms with Crippen LogP contribution in [0.15, 0.2) is 30.3 Å². The molecule has 0 heterocycles. The van der Waals surface area contributed by atoms with Crippen molar-refractivity contribution >= 4 is 0 Å². The van der Waals surface area contributed by atoms with E-state index in [0.29, 0.717) is 0 Å². The van der Waals surface area contributed by atoms with Gasteiger partial charge >= 0.3 is 0 Å². The number of nitrogens with two attached hydrogens (primary N) is 1. The van der Waals surface area contributed by atoms with Gasteiger partial charge in [-0.3, -0.25) is 0 Å². The molecule has 0 aromatic heterocycles. The summed E-state index contributed by atoms with van der Waals surface area (Å²) < 4.78 is 0. The van der Waals surface area contributed by atoms with Gasteiger partial charge in [0.1, 0.15) is 0 Å². The molecule has 1 unspecified atom stereocenters. The molecule has 0 radical (unpaired) electrons. The largest absolute Gasteiger partial charge is 0.325 e. The SMILES string of the molecule is C[C@H]1[C@@H]2CC(Cc3ccccc3)C[C@]12N. The maximum atomic E-state index is 6.34. The van der Waals surface area contributed by atoms with Gasteiger partial charge in [-0.2, -0.15) is 0 Å². The minimum atomic E-state index is 0.222. The molecular formula is C14H19N. The van der Waals surface area contributed by atoms with Crippen LogP contribution < -0.4 is 5.73 Å². The second kappa shape index (κ2) is 3.08. The van der Waals surface area contributed by atoms with Gasteiger partial charge in [0, 0.05) is 5.54 Å². The molecule has 3 rings (SSSR count). The van der Waals surface area contributed by atoms with Crippen LogP contribution in [0.1, 0.15) is 25.3 Å². The lowest BCUT2D eigenvalue weighted by molar-refractivity contribution is 0.429. The van der Waals surface area contributed by atoms with Crippen molar-refractivity contribution in [2.75, 3.05) is 0 Å². The maximum Gasteiger partial charge on any atom is 0.0218 e. The third-order valence-corrected chi connectivity index (χ3v) is 4.63. The molecule has 1 aromatic carbocycles. The number of hydrogen-bond acceptors (Lipinski definition) is 1.